The molecule has 1 fully saturated rings. The van der Waals surface area contributed by atoms with Crippen LogP contribution in [0, 0.1) is 0 Å². The molecule has 2 aromatic rings. The third-order valence-electron chi connectivity index (χ3n) is 4.15. The van der Waals surface area contributed by atoms with E-state index >= 15 is 0 Å². The molecule has 1 aliphatic rings. The van der Waals surface area contributed by atoms with Crippen molar-refractivity contribution in [3.05, 3.63) is 52.7 Å². The summed E-state index contributed by atoms with van der Waals surface area (Å²) in [6.45, 7) is 0. The lowest BCUT2D eigenvalue weighted by Gasteiger charge is -2.20. The van der Waals surface area contributed by atoms with Gasteiger partial charge >= 0.3 is 12.1 Å². The maximum Gasteiger partial charge on any atom is 0.398 e. The Bertz CT molecular complexity index is 802. The zero-order valence-corrected chi connectivity index (χ0v) is 13.8. The normalized spacial score (nSPS) is 15.6. The summed E-state index contributed by atoms with van der Waals surface area (Å²) in [4.78, 5) is 15.3. The van der Waals surface area contributed by atoms with Crippen LogP contribution in [0.25, 0.3) is 0 Å². The minimum absolute atomic E-state index is 0.0591. The average Bonchev–Trinajstić information content (AvgIpc) is 3.38. The van der Waals surface area contributed by atoms with Crippen LogP contribution >= 0.6 is 11.6 Å². The highest BCUT2D eigenvalue weighted by molar-refractivity contribution is 6.32. The van der Waals surface area contributed by atoms with Crippen molar-refractivity contribution in [2.24, 2.45) is 0 Å². The van der Waals surface area contributed by atoms with Crippen molar-refractivity contribution in [1.82, 2.24) is 4.98 Å². The van der Waals surface area contributed by atoms with Crippen LogP contribution in [0.4, 0.5) is 13.2 Å². The molecule has 8 heteroatoms. The molecule has 0 N–H and O–H groups in total. The number of aromatic nitrogens is 1. The number of alkyl halides is 3. The van der Waals surface area contributed by atoms with Gasteiger partial charge in [0.05, 0.1) is 23.1 Å². The molecule has 0 spiro atoms. The fourth-order valence-corrected chi connectivity index (χ4v) is 2.75. The third-order valence-corrected chi connectivity index (χ3v) is 4.44. The Morgan fingerprint density at radius 1 is 1.24 bits per heavy atom. The number of carbonyl (C=O) groups is 1. The summed E-state index contributed by atoms with van der Waals surface area (Å²) in [5.41, 5.74) is -1.42. The lowest BCUT2D eigenvalue weighted by atomic mass is 9.95. The predicted molar refractivity (Wildman–Crippen MR) is 84.1 cm³/mol. The molecule has 4 nitrogen and oxygen atoms in total. The summed E-state index contributed by atoms with van der Waals surface area (Å²) in [7, 11) is 1.25. The highest BCUT2D eigenvalue weighted by Gasteiger charge is 2.64. The van der Waals surface area contributed by atoms with E-state index in [1.807, 2.05) is 0 Å². The first-order valence-electron chi connectivity index (χ1n) is 7.36. The molecule has 1 heterocycles. The Morgan fingerprint density at radius 2 is 1.96 bits per heavy atom. The van der Waals surface area contributed by atoms with Gasteiger partial charge in [-0.15, -0.1) is 0 Å². The van der Waals surface area contributed by atoms with Crippen LogP contribution in [-0.2, 0) is 10.2 Å². The van der Waals surface area contributed by atoms with E-state index in [1.165, 1.54) is 43.6 Å². The van der Waals surface area contributed by atoms with Crippen LogP contribution in [0.1, 0.15) is 28.8 Å². The first-order chi connectivity index (χ1) is 11.8. The Kier molecular flexibility index (Phi) is 4.36. The molecule has 3 rings (SSSR count). The van der Waals surface area contributed by atoms with Gasteiger partial charge in [-0.1, -0.05) is 17.7 Å². The van der Waals surface area contributed by atoms with Crippen LogP contribution in [-0.4, -0.2) is 24.2 Å². The summed E-state index contributed by atoms with van der Waals surface area (Å²) < 4.78 is 49.5. The van der Waals surface area contributed by atoms with Gasteiger partial charge in [0.15, 0.2) is 0 Å². The van der Waals surface area contributed by atoms with E-state index in [2.05, 4.69) is 9.72 Å². The lowest BCUT2D eigenvalue weighted by Crippen LogP contribution is -2.28. The monoisotopic (exact) mass is 371 g/mol. The lowest BCUT2D eigenvalue weighted by molar-refractivity contribution is -0.160. The van der Waals surface area contributed by atoms with Crippen LogP contribution in [0.15, 0.2) is 36.5 Å². The largest absolute Gasteiger partial charge is 0.465 e. The summed E-state index contributed by atoms with van der Waals surface area (Å²) in [5.74, 6) is -0.204. The number of rotatable bonds is 4. The number of pyridine rings is 1. The zero-order chi connectivity index (χ0) is 18.2. The molecule has 25 heavy (non-hydrogen) atoms. The number of carbonyl (C=O) groups excluding carboxylic acids is 1. The van der Waals surface area contributed by atoms with Gasteiger partial charge in [0.1, 0.15) is 5.75 Å². The van der Waals surface area contributed by atoms with Crippen molar-refractivity contribution in [1.29, 1.82) is 0 Å². The van der Waals surface area contributed by atoms with E-state index in [9.17, 15) is 18.0 Å². The van der Waals surface area contributed by atoms with Crippen molar-refractivity contribution in [2.45, 2.75) is 24.4 Å². The molecule has 1 saturated carbocycles. The minimum atomic E-state index is -4.30. The van der Waals surface area contributed by atoms with Crippen LogP contribution in [0.5, 0.6) is 11.6 Å². The van der Waals surface area contributed by atoms with Crippen molar-refractivity contribution < 1.29 is 27.4 Å². The Hall–Kier alpha value is -2.28. The molecule has 0 bridgehead atoms. The van der Waals surface area contributed by atoms with E-state index in [1.54, 1.807) is 0 Å². The number of hydrogen-bond acceptors (Lipinski definition) is 4. The number of esters is 1. The summed E-state index contributed by atoms with van der Waals surface area (Å²) in [6, 6.07) is 6.93. The molecule has 1 aromatic heterocycles. The first-order valence-corrected chi connectivity index (χ1v) is 7.73. The van der Waals surface area contributed by atoms with E-state index in [0.29, 0.717) is 0 Å². The van der Waals surface area contributed by atoms with Gasteiger partial charge in [0, 0.05) is 12.3 Å². The Balaban J connectivity index is 1.79. The van der Waals surface area contributed by atoms with Gasteiger partial charge in [-0.25, -0.2) is 9.78 Å². The number of benzene rings is 1. The summed E-state index contributed by atoms with van der Waals surface area (Å²) in [5, 5.41) is 0.0619. The van der Waals surface area contributed by atoms with Crippen molar-refractivity contribution in [3.63, 3.8) is 0 Å². The second kappa shape index (κ2) is 6.22. The van der Waals surface area contributed by atoms with Gasteiger partial charge in [-0.05, 0) is 36.6 Å². The molecule has 0 atom stereocenters. The Labute approximate surface area is 146 Å². The van der Waals surface area contributed by atoms with Crippen molar-refractivity contribution in [2.75, 3.05) is 7.11 Å². The second-order valence-corrected chi connectivity index (χ2v) is 6.11. The van der Waals surface area contributed by atoms with Gasteiger partial charge in [0.25, 0.3) is 0 Å². The van der Waals surface area contributed by atoms with E-state index in [0.717, 1.165) is 0 Å². The molecule has 0 radical (unpaired) electrons. The van der Waals surface area contributed by atoms with Gasteiger partial charge in [-0.2, -0.15) is 13.2 Å². The van der Waals surface area contributed by atoms with E-state index < -0.39 is 17.6 Å². The zero-order valence-electron chi connectivity index (χ0n) is 13.1. The quantitative estimate of drug-likeness (QED) is 0.717. The van der Waals surface area contributed by atoms with Crippen LogP contribution in [0.2, 0.25) is 5.02 Å². The average molecular weight is 372 g/mol. The standard InChI is InChI=1S/C17H13ClF3NO3/c1-24-15(23)10-2-5-14(22-9-10)25-13-4-3-11(8-12(13)18)16(6-7-16)17(19,20)21/h2-5,8-9H,6-7H2,1H3. The highest BCUT2D eigenvalue weighted by atomic mass is 35.5. The molecule has 0 unspecified atom stereocenters. The van der Waals surface area contributed by atoms with Crippen LogP contribution in [0.3, 0.4) is 0 Å². The summed E-state index contributed by atoms with van der Waals surface area (Å²) in [6.07, 6.45) is -2.91. The fourth-order valence-electron chi connectivity index (χ4n) is 2.53. The van der Waals surface area contributed by atoms with Crippen LogP contribution < -0.4 is 4.74 Å². The van der Waals surface area contributed by atoms with Gasteiger partial charge in [-0.3, -0.25) is 0 Å². The molecule has 0 aliphatic heterocycles. The Morgan fingerprint density at radius 3 is 2.44 bits per heavy atom. The fraction of sp³-hybridized carbons (Fsp3) is 0.294. The smallest absolute Gasteiger partial charge is 0.398 e. The van der Waals surface area contributed by atoms with Crippen molar-refractivity contribution in [3.8, 4) is 11.6 Å². The molecular weight excluding hydrogens is 359 g/mol. The first kappa shape index (κ1) is 17.5. The van der Waals surface area contributed by atoms with E-state index in [4.69, 9.17) is 16.3 Å². The number of hydrogen-bond donors (Lipinski definition) is 0. The third kappa shape index (κ3) is 3.28. The molecular formula is C17H13ClF3NO3. The van der Waals surface area contributed by atoms with Gasteiger partial charge in [0.2, 0.25) is 5.88 Å². The number of nitrogens with zero attached hydrogens (tertiary/aromatic N) is 1. The number of halogens is 4. The maximum atomic E-state index is 13.2. The van der Waals surface area contributed by atoms with Crippen molar-refractivity contribution >= 4 is 17.6 Å². The highest BCUT2D eigenvalue weighted by Crippen LogP contribution is 2.59. The van der Waals surface area contributed by atoms with Gasteiger partial charge < -0.3 is 9.47 Å². The topological polar surface area (TPSA) is 48.4 Å². The SMILES string of the molecule is COC(=O)c1ccc(Oc2ccc(C3(C(F)(F)F)CC3)cc2Cl)nc1. The summed E-state index contributed by atoms with van der Waals surface area (Å²) >= 11 is 6.07. The molecule has 1 aliphatic carbocycles. The number of methoxy groups -OCH3 is 1. The molecule has 132 valence electrons. The maximum absolute atomic E-state index is 13.2. The second-order valence-electron chi connectivity index (χ2n) is 5.70. The minimum Gasteiger partial charge on any atom is -0.465 e. The molecule has 0 saturated heterocycles. The predicted octanol–water partition coefficient (Wildman–Crippen LogP) is 4.91. The van der Waals surface area contributed by atoms with E-state index in [-0.39, 0.29) is 40.6 Å². The molecule has 1 aromatic carbocycles. The molecule has 0 amide bonds. The number of ether oxygens (including phenoxy) is 2.